The second-order valence-electron chi connectivity index (χ2n) is 8.60. The van der Waals surface area contributed by atoms with Gasteiger partial charge >= 0.3 is 5.97 Å². The highest BCUT2D eigenvalue weighted by atomic mass is 32.2. The van der Waals surface area contributed by atoms with Crippen LogP contribution in [0, 0.1) is 0 Å². The molecule has 10 heteroatoms. The van der Waals surface area contributed by atoms with Gasteiger partial charge < -0.3 is 9.84 Å². The Morgan fingerprint density at radius 1 is 1.18 bits per heavy atom. The number of carboxylic acid groups (broad SMARTS) is 1. The highest BCUT2D eigenvalue weighted by Crippen LogP contribution is 2.34. The van der Waals surface area contributed by atoms with Crippen LogP contribution in [0.4, 0.5) is 0 Å². The predicted molar refractivity (Wildman–Crippen MR) is 134 cm³/mol. The van der Waals surface area contributed by atoms with Gasteiger partial charge in [0.15, 0.2) is 0 Å². The van der Waals surface area contributed by atoms with Crippen molar-refractivity contribution in [2.45, 2.75) is 26.2 Å². The quantitative estimate of drug-likeness (QED) is 0.418. The van der Waals surface area contributed by atoms with Gasteiger partial charge in [-0.2, -0.15) is 4.98 Å². The number of hydrogen-bond acceptors (Lipinski definition) is 7. The van der Waals surface area contributed by atoms with E-state index in [0.29, 0.717) is 11.4 Å². The molecule has 1 aliphatic heterocycles. The Morgan fingerprint density at radius 3 is 2.53 bits per heavy atom. The minimum Gasteiger partial charge on any atom is -0.480 e. The summed E-state index contributed by atoms with van der Waals surface area (Å²) in [5.41, 5.74) is 1.09. The molecule has 0 radical (unpaired) electrons. The molecule has 0 saturated carbocycles. The monoisotopic (exact) mass is 495 g/mol. The molecule has 1 saturated heterocycles. The van der Waals surface area contributed by atoms with Gasteiger partial charge in [-0.1, -0.05) is 63.0 Å². The lowest BCUT2D eigenvalue weighted by molar-refractivity contribution is -0.140. The summed E-state index contributed by atoms with van der Waals surface area (Å²) in [6, 6.07) is 12.6. The van der Waals surface area contributed by atoms with Crippen molar-refractivity contribution >= 4 is 51.9 Å². The zero-order valence-corrected chi connectivity index (χ0v) is 20.3. The summed E-state index contributed by atoms with van der Waals surface area (Å²) in [5.74, 6) is -1.26. The molecule has 1 amide bonds. The normalized spacial score (nSPS) is 15.4. The van der Waals surface area contributed by atoms with E-state index in [4.69, 9.17) is 22.1 Å². The molecule has 174 valence electrons. The number of pyridine rings is 1. The first-order valence-electron chi connectivity index (χ1n) is 10.3. The Kier molecular flexibility index (Phi) is 6.28. The Labute approximate surface area is 204 Å². The zero-order chi connectivity index (χ0) is 24.6. The number of aliphatic carboxylic acids is 1. The third kappa shape index (κ3) is 4.73. The number of hydrogen-bond donors (Lipinski definition) is 1. The molecule has 34 heavy (non-hydrogen) atoms. The Bertz CT molecular complexity index is 1400. The van der Waals surface area contributed by atoms with Gasteiger partial charge in [-0.15, -0.1) is 0 Å². The second-order valence-corrected chi connectivity index (χ2v) is 10.3. The minimum atomic E-state index is -1.19. The molecule has 1 N–H and O–H groups in total. The van der Waals surface area contributed by atoms with E-state index >= 15 is 0 Å². The summed E-state index contributed by atoms with van der Waals surface area (Å²) in [5, 5.41) is 9.06. The number of ether oxygens (including phenoxy) is 1. The Morgan fingerprint density at radius 2 is 1.88 bits per heavy atom. The van der Waals surface area contributed by atoms with Crippen molar-refractivity contribution in [2.24, 2.45) is 0 Å². The SMILES string of the molecule is CC(C)(C)c1ccc(Oc2nc3ccccn3c(=O)c2/C=C2/SC(=S)N(CC(=O)O)C2=O)cc1. The smallest absolute Gasteiger partial charge is 0.323 e. The van der Waals surface area contributed by atoms with Gasteiger partial charge in [-0.25, -0.2) is 0 Å². The van der Waals surface area contributed by atoms with Crippen molar-refractivity contribution in [3.63, 3.8) is 0 Å². The van der Waals surface area contributed by atoms with Gasteiger partial charge in [-0.05, 0) is 41.3 Å². The first-order valence-corrected chi connectivity index (χ1v) is 11.5. The van der Waals surface area contributed by atoms with Crippen LogP contribution >= 0.6 is 24.0 Å². The fraction of sp³-hybridized carbons (Fsp3) is 0.208. The van der Waals surface area contributed by atoms with Gasteiger partial charge in [0, 0.05) is 6.20 Å². The summed E-state index contributed by atoms with van der Waals surface area (Å²) >= 11 is 6.08. The lowest BCUT2D eigenvalue weighted by atomic mass is 9.87. The number of thioether (sulfide) groups is 1. The second kappa shape index (κ2) is 9.03. The number of amides is 1. The van der Waals surface area contributed by atoms with Crippen LogP contribution in [0.15, 0.2) is 58.4 Å². The minimum absolute atomic E-state index is 0.0308. The highest BCUT2D eigenvalue weighted by Gasteiger charge is 2.34. The molecule has 1 aliphatic rings. The van der Waals surface area contributed by atoms with E-state index in [1.54, 1.807) is 36.5 Å². The van der Waals surface area contributed by atoms with Gasteiger partial charge in [0.05, 0.1) is 4.91 Å². The van der Waals surface area contributed by atoms with Crippen LogP contribution < -0.4 is 10.3 Å². The number of aromatic nitrogens is 2. The molecule has 2 aromatic heterocycles. The van der Waals surface area contributed by atoms with Crippen molar-refractivity contribution in [3.8, 4) is 11.6 Å². The molecule has 0 atom stereocenters. The third-order valence-corrected chi connectivity index (χ3v) is 6.49. The molecule has 8 nitrogen and oxygen atoms in total. The van der Waals surface area contributed by atoms with E-state index in [-0.39, 0.29) is 26.1 Å². The average Bonchev–Trinajstić information content (AvgIpc) is 3.03. The average molecular weight is 496 g/mol. The van der Waals surface area contributed by atoms with Crippen LogP contribution in [0.2, 0.25) is 0 Å². The maximum Gasteiger partial charge on any atom is 0.323 e. The summed E-state index contributed by atoms with van der Waals surface area (Å²) in [6.07, 6.45) is 2.92. The van der Waals surface area contributed by atoms with Crippen molar-refractivity contribution in [3.05, 3.63) is 75.0 Å². The maximum atomic E-state index is 13.3. The van der Waals surface area contributed by atoms with Gasteiger partial charge in [-0.3, -0.25) is 23.7 Å². The number of nitrogens with zero attached hydrogens (tertiary/aromatic N) is 3. The maximum absolute atomic E-state index is 13.3. The van der Waals surface area contributed by atoms with Crippen LogP contribution in [0.25, 0.3) is 11.7 Å². The van der Waals surface area contributed by atoms with Gasteiger partial charge in [0.1, 0.15) is 27.8 Å². The Balaban J connectivity index is 1.79. The number of fused-ring (bicyclic) bond motifs is 1. The van der Waals surface area contributed by atoms with Crippen LogP contribution in [-0.2, 0) is 15.0 Å². The molecule has 0 bridgehead atoms. The highest BCUT2D eigenvalue weighted by molar-refractivity contribution is 8.26. The van der Waals surface area contributed by atoms with Crippen molar-refractivity contribution in [2.75, 3.05) is 6.54 Å². The molecule has 1 aromatic carbocycles. The molecule has 4 rings (SSSR count). The topological polar surface area (TPSA) is 101 Å². The number of carboxylic acids is 1. The van der Waals surface area contributed by atoms with E-state index in [2.05, 4.69) is 25.8 Å². The van der Waals surface area contributed by atoms with Crippen molar-refractivity contribution in [1.82, 2.24) is 14.3 Å². The largest absolute Gasteiger partial charge is 0.480 e. The van der Waals surface area contributed by atoms with E-state index in [1.807, 2.05) is 12.1 Å². The summed E-state index contributed by atoms with van der Waals surface area (Å²) in [6.45, 7) is 5.76. The molecule has 0 unspecified atom stereocenters. The molecule has 3 heterocycles. The molecule has 0 spiro atoms. The van der Waals surface area contributed by atoms with Crippen molar-refractivity contribution in [1.29, 1.82) is 0 Å². The van der Waals surface area contributed by atoms with E-state index < -0.39 is 24.0 Å². The summed E-state index contributed by atoms with van der Waals surface area (Å²) in [4.78, 5) is 42.7. The summed E-state index contributed by atoms with van der Waals surface area (Å²) in [7, 11) is 0. The lowest BCUT2D eigenvalue weighted by Gasteiger charge is -2.19. The number of carbonyl (C=O) groups excluding carboxylic acids is 1. The standard InChI is InChI=1S/C24H21N3O5S2/c1-24(2,3)14-7-9-15(10-8-14)32-20-16(21(30)26-11-5-4-6-18(26)25-20)12-17-22(31)27(13-19(28)29)23(33)34-17/h4-12H,13H2,1-3H3,(H,28,29)/b17-12+. The van der Waals surface area contributed by atoms with Crippen LogP contribution in [0.5, 0.6) is 11.6 Å². The van der Waals surface area contributed by atoms with Crippen LogP contribution in [0.3, 0.4) is 0 Å². The molecule has 1 fully saturated rings. The number of thiocarbonyl (C=S) groups is 1. The predicted octanol–water partition coefficient (Wildman–Crippen LogP) is 4.07. The molecule has 0 aliphatic carbocycles. The third-order valence-electron chi connectivity index (χ3n) is 5.11. The number of rotatable bonds is 5. The fourth-order valence-electron chi connectivity index (χ4n) is 3.32. The first kappa shape index (κ1) is 23.7. The van der Waals surface area contributed by atoms with Gasteiger partial charge in [0.25, 0.3) is 11.5 Å². The number of benzene rings is 1. The lowest BCUT2D eigenvalue weighted by Crippen LogP contribution is -2.33. The zero-order valence-electron chi connectivity index (χ0n) is 18.6. The van der Waals surface area contributed by atoms with Crippen LogP contribution in [-0.4, -0.2) is 42.1 Å². The molecular weight excluding hydrogens is 474 g/mol. The number of carbonyl (C=O) groups is 2. The van der Waals surface area contributed by atoms with E-state index in [9.17, 15) is 14.4 Å². The molecule has 3 aromatic rings. The van der Waals surface area contributed by atoms with Crippen molar-refractivity contribution < 1.29 is 19.4 Å². The Hall–Kier alpha value is -3.50. The van der Waals surface area contributed by atoms with E-state index in [0.717, 1.165) is 22.2 Å². The van der Waals surface area contributed by atoms with Gasteiger partial charge in [0.2, 0.25) is 5.88 Å². The van der Waals surface area contributed by atoms with E-state index in [1.165, 1.54) is 10.5 Å². The molecular formula is C24H21N3O5S2. The van der Waals surface area contributed by atoms with Crippen LogP contribution in [0.1, 0.15) is 31.9 Å². The summed E-state index contributed by atoms with van der Waals surface area (Å²) < 4.78 is 7.45. The first-order chi connectivity index (χ1) is 16.0. The fourth-order valence-corrected chi connectivity index (χ4v) is 4.56.